The Morgan fingerprint density at radius 2 is 0.822 bits per heavy atom. The van der Waals surface area contributed by atoms with Crippen molar-refractivity contribution < 1.29 is 121 Å². The minimum Gasteiger partial charge on any atom is -0.398 e. The monoisotopic (exact) mass is 1580 g/mol. The number of aromatic nitrogens is 3. The van der Waals surface area contributed by atoms with Crippen LogP contribution in [-0.4, -0.2) is 147 Å². The number of nitrogens with two attached hydrogens (primary N) is 2. The number of azo groups is 3. The van der Waals surface area contributed by atoms with Crippen molar-refractivity contribution in [1.82, 2.24) is 15.0 Å². The quantitative estimate of drug-likeness (QED) is 0.00851. The number of nitrogens with one attached hydrogen (secondary N) is 4. The van der Waals surface area contributed by atoms with Gasteiger partial charge in [-0.3, -0.25) is 31.9 Å². The Kier molecular flexibility index (Phi) is 22.2. The summed E-state index contributed by atoms with van der Waals surface area (Å²) in [4.78, 5) is 11.5. The summed E-state index contributed by atoms with van der Waals surface area (Å²) in [7, 11) is -44.9. The largest absolute Gasteiger partial charge is 0.398 e. The predicted octanol–water partition coefficient (Wildman–Crippen LogP) is 5.91. The SMILES string of the molecule is N#CONc1cc(Nc2nc(Nc3cc(N)c(S(=O)(=O)O)cc3/N=N/c3ccc(S(=O)(=O)CCOS(=O)(=O)O)cc3)nc(Nc3cc(N)c(S(=O)(=O)O)cc3/N=N/c3ccc(S(=O)(=O)CCOS(=O)(=O)O)cc3)n2)ccc1/N=N/c1cc2c(S(=O)(=O)O)cc(S(=O)(=O)O)cc2cc1S(=O)(=O)O. The van der Waals surface area contributed by atoms with Crippen LogP contribution in [0.25, 0.3) is 10.8 Å². The second-order valence-electron chi connectivity index (χ2n) is 19.6. The Morgan fingerprint density at radius 1 is 0.406 bits per heavy atom. The molecule has 15 N–H and O–H groups in total. The summed E-state index contributed by atoms with van der Waals surface area (Å²) in [6.07, 6.45) is 1.30. The number of rotatable bonds is 29. The molecule has 0 saturated carbocycles. The van der Waals surface area contributed by atoms with Gasteiger partial charge in [0.1, 0.15) is 48.0 Å². The fraction of sp³-hybridized carbons (Fsp3) is 0.0833. The highest BCUT2D eigenvalue weighted by Gasteiger charge is 2.27. The van der Waals surface area contributed by atoms with Crippen molar-refractivity contribution >= 4 is 188 Å². The van der Waals surface area contributed by atoms with Crippen molar-refractivity contribution in [2.24, 2.45) is 30.7 Å². The topological polar surface area (TPSA) is 713 Å². The minimum absolute atomic E-state index is 0.141. The Balaban J connectivity index is 1.24. The molecule has 1 aromatic heterocycles. The van der Waals surface area contributed by atoms with E-state index in [-0.39, 0.29) is 39.8 Å². The molecule has 0 bridgehead atoms. The Hall–Kier alpha value is -10.1. The molecule has 7 aromatic carbocycles. The van der Waals surface area contributed by atoms with Gasteiger partial charge in [0.25, 0.3) is 50.6 Å². The number of anilines is 9. The van der Waals surface area contributed by atoms with E-state index in [2.05, 4.69) is 75.4 Å². The highest BCUT2D eigenvalue weighted by molar-refractivity contribution is 7.92. The van der Waals surface area contributed by atoms with E-state index in [1.54, 1.807) is 0 Å². The zero-order valence-electron chi connectivity index (χ0n) is 49.3. The van der Waals surface area contributed by atoms with Gasteiger partial charge in [-0.05, 0) is 121 Å². The first kappa shape index (κ1) is 76.6. The number of nitriles is 1. The molecule has 0 saturated heterocycles. The van der Waals surface area contributed by atoms with Gasteiger partial charge in [-0.2, -0.15) is 84.1 Å². The number of nitrogens with zero attached hydrogens (tertiary/aromatic N) is 10. The fourth-order valence-electron chi connectivity index (χ4n) is 8.23. The van der Waals surface area contributed by atoms with Gasteiger partial charge in [0, 0.05) is 11.1 Å². The van der Waals surface area contributed by atoms with Crippen molar-refractivity contribution in [2.45, 2.75) is 34.3 Å². The van der Waals surface area contributed by atoms with Crippen LogP contribution in [0.1, 0.15) is 0 Å². The molecule has 8 rings (SSSR count). The van der Waals surface area contributed by atoms with E-state index in [1.807, 2.05) is 0 Å². The molecule has 53 heteroatoms. The maximum atomic E-state index is 12.8. The normalized spacial score (nSPS) is 13.0. The lowest BCUT2D eigenvalue weighted by Gasteiger charge is -2.15. The number of benzene rings is 7. The van der Waals surface area contributed by atoms with Gasteiger partial charge >= 0.3 is 27.1 Å². The maximum Gasteiger partial charge on any atom is 0.397 e. The molecule has 536 valence electrons. The minimum atomic E-state index is -5.39. The van der Waals surface area contributed by atoms with Crippen LogP contribution in [0.4, 0.5) is 86.1 Å². The zero-order chi connectivity index (χ0) is 74.6. The molecule has 0 aliphatic heterocycles. The molecule has 0 radical (unpaired) electrons. The fourth-order valence-corrected chi connectivity index (χ4v) is 14.4. The summed E-state index contributed by atoms with van der Waals surface area (Å²) >= 11 is 0. The number of sulfone groups is 2. The lowest BCUT2D eigenvalue weighted by atomic mass is 10.1. The molecule has 44 nitrogen and oxygen atoms in total. The van der Waals surface area contributed by atoms with Crippen LogP contribution in [0.15, 0.2) is 180 Å². The lowest BCUT2D eigenvalue weighted by molar-refractivity contribution is 0.282. The van der Waals surface area contributed by atoms with Gasteiger partial charge in [0.2, 0.25) is 17.8 Å². The van der Waals surface area contributed by atoms with E-state index >= 15 is 0 Å². The van der Waals surface area contributed by atoms with E-state index in [0.29, 0.717) is 36.4 Å². The molecule has 0 spiro atoms. The average Bonchev–Trinajstić information content (AvgIpc) is 0.753. The molecular formula is C48H42N16O28S9. The highest BCUT2D eigenvalue weighted by Crippen LogP contribution is 2.41. The molecule has 0 atom stereocenters. The van der Waals surface area contributed by atoms with Crippen LogP contribution >= 0.6 is 0 Å². The summed E-state index contributed by atoms with van der Waals surface area (Å²) in [6, 6.07) is 16.9. The van der Waals surface area contributed by atoms with Crippen LogP contribution in [0.5, 0.6) is 0 Å². The lowest BCUT2D eigenvalue weighted by Crippen LogP contribution is -2.15. The summed E-state index contributed by atoms with van der Waals surface area (Å²) in [5.74, 6) is -3.65. The summed E-state index contributed by atoms with van der Waals surface area (Å²) in [5, 5.41) is 40.1. The molecule has 0 aliphatic rings. The first-order chi connectivity index (χ1) is 46.7. The third-order valence-corrected chi connectivity index (χ3v) is 21.3. The third-order valence-electron chi connectivity index (χ3n) is 12.6. The van der Waals surface area contributed by atoms with Crippen LogP contribution in [0, 0.1) is 11.5 Å². The number of hydrogen-bond acceptors (Lipinski definition) is 37. The van der Waals surface area contributed by atoms with Crippen molar-refractivity contribution in [1.29, 1.82) is 5.26 Å². The van der Waals surface area contributed by atoms with E-state index in [4.69, 9.17) is 25.4 Å². The summed E-state index contributed by atoms with van der Waals surface area (Å²) in [6.45, 7) is -1.94. The third kappa shape index (κ3) is 20.5. The van der Waals surface area contributed by atoms with Crippen LogP contribution < -0.4 is 32.9 Å². The molecule has 1 heterocycles. The average molecular weight is 1580 g/mol. The van der Waals surface area contributed by atoms with Crippen molar-refractivity contribution in [3.8, 4) is 6.26 Å². The Bertz CT molecular complexity index is 5690. The molecule has 101 heavy (non-hydrogen) atoms. The standard InChI is InChI=1S/C48H42N16O28S9/c49-24-90-64-40-17-28(5-10-35(40)60-63-41-19-32-25(16-45(41)99(81,82)83)15-31(95(69,70)71)18-42(32)96(72,73)74)52-46-55-47(53-36-20-33(50)43(97(75,76)77)22-38(36)61-58-26-1-6-29(7-2-26)93(65,66)13-11-91-100(84,85)86)57-48(56-46)54-37-21-34(51)44(98(78,79)80)23-39(37)62-59-27-3-8-30(9-4-27)94(67,68)14-12-92-101(87,88)89/h1-10,15-23,64H,11-14,50-51H2,(H,69,70,71)(H,72,73,74)(H,75,76,77)(H,78,79,80)(H,81,82,83)(H,84,85,86)(H,87,88,89)(H3,52,53,54,55,56,57)/b61-58+,62-59+,63-60+. The molecule has 0 amide bonds. The van der Waals surface area contributed by atoms with Gasteiger partial charge in [0.05, 0.1) is 73.5 Å². The van der Waals surface area contributed by atoms with Crippen molar-refractivity contribution in [3.63, 3.8) is 0 Å². The number of hydrogen-bond donors (Lipinski definition) is 13. The Labute approximate surface area is 569 Å². The predicted molar refractivity (Wildman–Crippen MR) is 346 cm³/mol. The van der Waals surface area contributed by atoms with E-state index in [9.17, 15) is 104 Å². The van der Waals surface area contributed by atoms with Crippen molar-refractivity contribution in [2.75, 3.05) is 57.6 Å². The van der Waals surface area contributed by atoms with E-state index in [0.717, 1.165) is 78.9 Å². The molecular weight excluding hydrogens is 1540 g/mol. The molecule has 8 aromatic rings. The summed E-state index contributed by atoms with van der Waals surface area (Å²) < 4.78 is 296. The molecule has 0 fully saturated rings. The van der Waals surface area contributed by atoms with Crippen LogP contribution in [0.2, 0.25) is 0 Å². The van der Waals surface area contributed by atoms with Crippen molar-refractivity contribution in [3.05, 3.63) is 115 Å². The number of nitrogen functional groups attached to an aromatic ring is 2. The number of fused-ring (bicyclic) bond motifs is 1. The van der Waals surface area contributed by atoms with E-state index in [1.165, 1.54) is 6.26 Å². The van der Waals surface area contributed by atoms with E-state index < -0.39 is 207 Å². The van der Waals surface area contributed by atoms with Crippen LogP contribution in [0.3, 0.4) is 0 Å². The molecule has 0 aliphatic carbocycles. The van der Waals surface area contributed by atoms with Gasteiger partial charge in [-0.1, -0.05) is 0 Å². The first-order valence-electron chi connectivity index (χ1n) is 26.2. The summed E-state index contributed by atoms with van der Waals surface area (Å²) in [5.41, 5.74) is 9.22. The van der Waals surface area contributed by atoms with Gasteiger partial charge in [-0.25, -0.2) is 30.7 Å². The van der Waals surface area contributed by atoms with Gasteiger partial charge in [0.15, 0.2) is 19.7 Å². The maximum absolute atomic E-state index is 12.8. The van der Waals surface area contributed by atoms with Gasteiger partial charge < -0.3 is 32.3 Å². The van der Waals surface area contributed by atoms with Crippen LogP contribution in [-0.2, 0) is 104 Å². The second-order valence-corrected chi connectivity index (χ2v) is 33.0. The Morgan fingerprint density at radius 3 is 1.23 bits per heavy atom. The second kappa shape index (κ2) is 29.2. The zero-order valence-corrected chi connectivity index (χ0v) is 56.7. The first-order valence-corrected chi connectivity index (χ1v) is 39.4. The van der Waals surface area contributed by atoms with Gasteiger partial charge in [-0.15, -0.1) is 25.7 Å². The smallest absolute Gasteiger partial charge is 0.397 e. The molecule has 0 unspecified atom stereocenters. The highest BCUT2D eigenvalue weighted by atomic mass is 32.3.